The summed E-state index contributed by atoms with van der Waals surface area (Å²) in [6, 6.07) is 8.93. The van der Waals surface area contributed by atoms with Crippen molar-refractivity contribution in [3.05, 3.63) is 42.0 Å². The van der Waals surface area contributed by atoms with Crippen molar-refractivity contribution in [1.29, 1.82) is 0 Å². The van der Waals surface area contributed by atoms with Gasteiger partial charge in [-0.3, -0.25) is 0 Å². The first-order chi connectivity index (χ1) is 15.6. The predicted molar refractivity (Wildman–Crippen MR) is 110 cm³/mol. The molecule has 1 aromatic rings. The highest BCUT2D eigenvalue weighted by molar-refractivity contribution is 5.87. The predicted octanol–water partition coefficient (Wildman–Crippen LogP) is -3.50. The number of carbonyl (C=O) groups is 1. The molecular weight excluding hydrogens is 444 g/mol. The summed E-state index contributed by atoms with van der Waals surface area (Å²) in [7, 11) is 0. The molecule has 9 atom stereocenters. The highest BCUT2D eigenvalue weighted by Gasteiger charge is 2.45. The lowest BCUT2D eigenvalue weighted by Crippen LogP contribution is -2.60. The molecule has 1 heterocycles. The van der Waals surface area contributed by atoms with Crippen molar-refractivity contribution in [3.8, 4) is 0 Å². The van der Waals surface area contributed by atoms with Crippen LogP contribution in [0.25, 0.3) is 6.08 Å². The van der Waals surface area contributed by atoms with Gasteiger partial charge in [-0.05, 0) is 11.6 Å². The topological polar surface area (TPSA) is 207 Å². The Balaban J connectivity index is 1.89. The summed E-state index contributed by atoms with van der Waals surface area (Å²) in [5.74, 6) is -0.747. The van der Waals surface area contributed by atoms with Crippen LogP contribution in [0.3, 0.4) is 0 Å². The molecule has 8 N–H and O–H groups in total. The average molecular weight is 474 g/mol. The summed E-state index contributed by atoms with van der Waals surface area (Å²) in [6.07, 6.45) is -12.6. The van der Waals surface area contributed by atoms with Crippen LogP contribution >= 0.6 is 0 Å². The van der Waals surface area contributed by atoms with Crippen LogP contribution in [0.1, 0.15) is 5.56 Å². The number of hydrogen-bond donors (Lipinski definition) is 8. The number of rotatable bonds is 11. The maximum atomic E-state index is 11.9. The molecule has 0 bridgehead atoms. The minimum Gasteiger partial charge on any atom is -0.460 e. The van der Waals surface area contributed by atoms with Gasteiger partial charge in [-0.2, -0.15) is 0 Å². The van der Waals surface area contributed by atoms with Crippen molar-refractivity contribution >= 4 is 12.0 Å². The van der Waals surface area contributed by atoms with E-state index in [2.05, 4.69) is 0 Å². The summed E-state index contributed by atoms with van der Waals surface area (Å²) in [5, 5.41) is 77.6. The molecule has 0 aliphatic carbocycles. The van der Waals surface area contributed by atoms with Crippen molar-refractivity contribution in [1.82, 2.24) is 0 Å². The van der Waals surface area contributed by atoms with Crippen LogP contribution < -0.4 is 0 Å². The minimum atomic E-state index is -1.91. The molecule has 0 saturated carbocycles. The number of benzene rings is 1. The van der Waals surface area contributed by atoms with Crippen molar-refractivity contribution in [3.63, 3.8) is 0 Å². The van der Waals surface area contributed by atoms with Crippen LogP contribution in [0.2, 0.25) is 0 Å². The van der Waals surface area contributed by atoms with E-state index >= 15 is 0 Å². The van der Waals surface area contributed by atoms with Gasteiger partial charge in [-0.1, -0.05) is 30.3 Å². The number of aliphatic hydroxyl groups is 8. The Morgan fingerprint density at radius 1 is 0.970 bits per heavy atom. The van der Waals surface area contributed by atoms with Gasteiger partial charge in [-0.15, -0.1) is 0 Å². The number of esters is 1. The Kier molecular flexibility index (Phi) is 10.8. The Morgan fingerprint density at radius 3 is 2.24 bits per heavy atom. The molecule has 1 aromatic carbocycles. The van der Waals surface area contributed by atoms with Crippen LogP contribution in [0, 0.1) is 0 Å². The van der Waals surface area contributed by atoms with Crippen LogP contribution in [0.15, 0.2) is 36.4 Å². The fourth-order valence-corrected chi connectivity index (χ4v) is 2.99. The fourth-order valence-electron chi connectivity index (χ4n) is 2.99. The largest absolute Gasteiger partial charge is 0.460 e. The molecule has 12 nitrogen and oxygen atoms in total. The van der Waals surface area contributed by atoms with E-state index < -0.39 is 80.9 Å². The lowest BCUT2D eigenvalue weighted by atomic mass is 9.99. The molecule has 1 aliphatic heterocycles. The molecule has 186 valence electrons. The Hall–Kier alpha value is -1.97. The van der Waals surface area contributed by atoms with Gasteiger partial charge >= 0.3 is 5.97 Å². The van der Waals surface area contributed by atoms with E-state index in [0.29, 0.717) is 0 Å². The summed E-state index contributed by atoms with van der Waals surface area (Å²) in [5.41, 5.74) is 0.757. The van der Waals surface area contributed by atoms with Gasteiger partial charge in [0.25, 0.3) is 0 Å². The molecule has 0 aromatic heterocycles. The molecular formula is C21H30O12. The van der Waals surface area contributed by atoms with Gasteiger partial charge in [0.2, 0.25) is 0 Å². The molecule has 12 heteroatoms. The van der Waals surface area contributed by atoms with E-state index in [1.165, 1.54) is 6.08 Å². The van der Waals surface area contributed by atoms with E-state index in [4.69, 9.17) is 19.3 Å². The average Bonchev–Trinajstić information content (AvgIpc) is 2.83. The Bertz CT molecular complexity index is 744. The second-order valence-electron chi connectivity index (χ2n) is 7.52. The van der Waals surface area contributed by atoms with Crippen molar-refractivity contribution in [2.75, 3.05) is 19.8 Å². The fraction of sp³-hybridized carbons (Fsp3) is 0.571. The third kappa shape index (κ3) is 7.79. The highest BCUT2D eigenvalue weighted by atomic mass is 16.7. The second-order valence-corrected chi connectivity index (χ2v) is 7.52. The van der Waals surface area contributed by atoms with E-state index in [1.54, 1.807) is 24.3 Å². The number of aliphatic hydroxyl groups excluding tert-OH is 8. The molecule has 33 heavy (non-hydrogen) atoms. The Morgan fingerprint density at radius 2 is 1.61 bits per heavy atom. The van der Waals surface area contributed by atoms with Crippen molar-refractivity contribution < 1.29 is 59.9 Å². The maximum absolute atomic E-state index is 11.9. The number of carbonyl (C=O) groups excluding carboxylic acids is 1. The molecule has 1 aliphatic rings. The van der Waals surface area contributed by atoms with Gasteiger partial charge < -0.3 is 55.1 Å². The molecule has 0 amide bonds. The zero-order valence-electron chi connectivity index (χ0n) is 17.6. The standard InChI is InChI=1S/C21H30O12/c22-8-12(23)16(26)17(27)13(24)9-32-21-20(30)19(29)18(28)14(33-21)10-31-15(25)7-6-11-4-2-1-3-5-11/h1-7,12-14,16-24,26-30H,8-10H2/t12-,13-,14-,16-,17-,18-,19+,20-,21-/m1/s1. The molecule has 0 spiro atoms. The summed E-state index contributed by atoms with van der Waals surface area (Å²) < 4.78 is 15.5. The zero-order valence-corrected chi connectivity index (χ0v) is 17.6. The molecule has 1 saturated heterocycles. The van der Waals surface area contributed by atoms with E-state index in [-0.39, 0.29) is 0 Å². The summed E-state index contributed by atoms with van der Waals surface area (Å²) >= 11 is 0. The maximum Gasteiger partial charge on any atom is 0.330 e. The minimum absolute atomic E-state index is 0.491. The lowest BCUT2D eigenvalue weighted by Gasteiger charge is -2.40. The normalized spacial score (nSPS) is 29.4. The van der Waals surface area contributed by atoms with E-state index in [1.807, 2.05) is 6.07 Å². The number of hydrogen-bond acceptors (Lipinski definition) is 12. The first-order valence-corrected chi connectivity index (χ1v) is 10.2. The number of ether oxygens (including phenoxy) is 3. The van der Waals surface area contributed by atoms with Gasteiger partial charge in [0.1, 0.15) is 55.4 Å². The third-order valence-corrected chi connectivity index (χ3v) is 5.03. The lowest BCUT2D eigenvalue weighted by molar-refractivity contribution is -0.307. The van der Waals surface area contributed by atoms with E-state index in [9.17, 15) is 40.5 Å². The van der Waals surface area contributed by atoms with Crippen LogP contribution in [0.5, 0.6) is 0 Å². The van der Waals surface area contributed by atoms with Crippen molar-refractivity contribution in [2.24, 2.45) is 0 Å². The zero-order chi connectivity index (χ0) is 24.5. The van der Waals surface area contributed by atoms with Crippen LogP contribution in [0.4, 0.5) is 0 Å². The SMILES string of the molecule is O=C(C=Cc1ccccc1)OC[C@H]1O[C@@H](OC[C@@H](O)[C@@H](O)[C@H](O)[C@H](O)CO)[C@H](O)[C@@H](O)[C@@H]1O. The Labute approximate surface area is 189 Å². The quantitative estimate of drug-likeness (QED) is 0.116. The molecule has 0 radical (unpaired) electrons. The monoisotopic (exact) mass is 474 g/mol. The summed E-state index contributed by atoms with van der Waals surface area (Å²) in [4.78, 5) is 11.9. The van der Waals surface area contributed by atoms with Crippen LogP contribution in [-0.2, 0) is 19.0 Å². The second kappa shape index (κ2) is 13.1. The van der Waals surface area contributed by atoms with Gasteiger partial charge in [-0.25, -0.2) is 4.79 Å². The molecule has 1 fully saturated rings. The molecule has 2 rings (SSSR count). The van der Waals surface area contributed by atoms with Crippen LogP contribution in [-0.4, -0.2) is 122 Å². The van der Waals surface area contributed by atoms with Gasteiger partial charge in [0.15, 0.2) is 6.29 Å². The third-order valence-electron chi connectivity index (χ3n) is 5.03. The van der Waals surface area contributed by atoms with Crippen molar-refractivity contribution in [2.45, 2.75) is 55.1 Å². The van der Waals surface area contributed by atoms with Gasteiger partial charge in [0.05, 0.1) is 13.2 Å². The first kappa shape index (κ1) is 27.3. The van der Waals surface area contributed by atoms with Gasteiger partial charge in [0, 0.05) is 6.08 Å². The summed E-state index contributed by atoms with van der Waals surface area (Å²) in [6.45, 7) is -2.07. The highest BCUT2D eigenvalue weighted by Crippen LogP contribution is 2.23. The molecule has 0 unspecified atom stereocenters. The van der Waals surface area contributed by atoms with E-state index in [0.717, 1.165) is 11.6 Å². The first-order valence-electron chi connectivity index (χ1n) is 10.2. The smallest absolute Gasteiger partial charge is 0.330 e.